The molecular formula is C14H6ClN5O. The van der Waals surface area contributed by atoms with Gasteiger partial charge in [-0.2, -0.15) is 10.5 Å². The van der Waals surface area contributed by atoms with E-state index in [1.54, 1.807) is 18.2 Å². The average Bonchev–Trinajstić information content (AvgIpc) is 2.79. The zero-order chi connectivity index (χ0) is 15.0. The summed E-state index contributed by atoms with van der Waals surface area (Å²) >= 11 is 6.01. The second kappa shape index (κ2) is 4.86. The maximum Gasteiger partial charge on any atom is 0.177 e. The van der Waals surface area contributed by atoms with Crippen LogP contribution in [0.5, 0.6) is 0 Å². The summed E-state index contributed by atoms with van der Waals surface area (Å²) in [5, 5.41) is 22.6. The molecular weight excluding hydrogens is 290 g/mol. The van der Waals surface area contributed by atoms with E-state index in [0.717, 1.165) is 5.56 Å². The molecule has 0 saturated carbocycles. The molecule has 0 saturated heterocycles. The summed E-state index contributed by atoms with van der Waals surface area (Å²) in [6.45, 7) is 0. The van der Waals surface area contributed by atoms with E-state index < -0.39 is 0 Å². The molecule has 6 nitrogen and oxygen atoms in total. The molecule has 1 aliphatic rings. The first kappa shape index (κ1) is 13.0. The largest absolute Gasteiger partial charge is 0.399 e. The third-order valence-electron chi connectivity index (χ3n) is 3.01. The highest BCUT2D eigenvalue weighted by Crippen LogP contribution is 2.36. The van der Waals surface area contributed by atoms with E-state index in [4.69, 9.17) is 27.0 Å². The Balaban J connectivity index is 2.38. The van der Waals surface area contributed by atoms with Gasteiger partial charge in [-0.3, -0.25) is 0 Å². The number of oxime groups is 1. The van der Waals surface area contributed by atoms with E-state index >= 15 is 0 Å². The van der Waals surface area contributed by atoms with E-state index in [2.05, 4.69) is 15.1 Å². The Kier molecular flexibility index (Phi) is 3.02. The number of hydrogen-bond acceptors (Lipinski definition) is 6. The van der Waals surface area contributed by atoms with Crippen molar-refractivity contribution in [1.82, 2.24) is 9.97 Å². The summed E-state index contributed by atoms with van der Waals surface area (Å²) in [5.74, 6) is 0. The predicted molar refractivity (Wildman–Crippen MR) is 74.6 cm³/mol. The minimum atomic E-state index is -0.0426. The lowest BCUT2D eigenvalue weighted by Crippen LogP contribution is -2.05. The van der Waals surface area contributed by atoms with Gasteiger partial charge in [0.05, 0.1) is 0 Å². The third-order valence-corrected chi connectivity index (χ3v) is 3.24. The Morgan fingerprint density at radius 3 is 2.38 bits per heavy atom. The first-order valence-corrected chi connectivity index (χ1v) is 6.21. The van der Waals surface area contributed by atoms with E-state index in [0.29, 0.717) is 27.7 Å². The fourth-order valence-corrected chi connectivity index (χ4v) is 2.35. The van der Waals surface area contributed by atoms with Gasteiger partial charge in [-0.05, 0) is 12.1 Å². The van der Waals surface area contributed by atoms with Crippen LogP contribution in [0.25, 0.3) is 11.3 Å². The van der Waals surface area contributed by atoms with Crippen LogP contribution >= 0.6 is 11.6 Å². The van der Waals surface area contributed by atoms with Crippen LogP contribution in [0.2, 0.25) is 5.02 Å². The normalized spacial score (nSPS) is 13.2. The zero-order valence-corrected chi connectivity index (χ0v) is 11.5. The van der Waals surface area contributed by atoms with Crippen LogP contribution in [0.1, 0.15) is 22.6 Å². The highest BCUT2D eigenvalue weighted by Gasteiger charge is 2.30. The molecule has 1 aromatic heterocycles. The number of rotatable bonds is 1. The van der Waals surface area contributed by atoms with Crippen molar-refractivity contribution in [3.8, 4) is 23.4 Å². The molecule has 1 heterocycles. The number of halogens is 1. The van der Waals surface area contributed by atoms with Crippen LogP contribution in [-0.4, -0.2) is 22.8 Å². The average molecular weight is 296 g/mol. The SMILES string of the molecule is CO/N=C1\c2cc(Cl)ccc2-c2nc(C#N)c(C#N)nc21. The lowest BCUT2D eigenvalue weighted by atomic mass is 10.1. The van der Waals surface area contributed by atoms with Gasteiger partial charge < -0.3 is 4.84 Å². The summed E-state index contributed by atoms with van der Waals surface area (Å²) in [6.07, 6.45) is 0. The molecule has 0 aliphatic heterocycles. The summed E-state index contributed by atoms with van der Waals surface area (Å²) in [6, 6.07) is 8.94. The number of nitriles is 2. The monoisotopic (exact) mass is 295 g/mol. The molecule has 1 aliphatic carbocycles. The minimum absolute atomic E-state index is 0.0178. The van der Waals surface area contributed by atoms with Crippen molar-refractivity contribution in [1.29, 1.82) is 10.5 Å². The fourth-order valence-electron chi connectivity index (χ4n) is 2.17. The number of hydrogen-bond donors (Lipinski definition) is 0. The molecule has 7 heteroatoms. The molecule has 0 unspecified atom stereocenters. The Morgan fingerprint density at radius 1 is 1.10 bits per heavy atom. The van der Waals surface area contributed by atoms with Crippen LogP contribution < -0.4 is 0 Å². The molecule has 21 heavy (non-hydrogen) atoms. The van der Waals surface area contributed by atoms with Crippen molar-refractivity contribution < 1.29 is 4.84 Å². The highest BCUT2D eigenvalue weighted by molar-refractivity contribution is 6.32. The van der Waals surface area contributed by atoms with Crippen LogP contribution in [0.3, 0.4) is 0 Å². The summed E-state index contributed by atoms with van der Waals surface area (Å²) in [4.78, 5) is 13.2. The fraction of sp³-hybridized carbons (Fsp3) is 0.0714. The molecule has 0 spiro atoms. The standard InChI is InChI=1S/C14H6ClN5O/c1-21-20-13-9-4-7(15)2-3-8(9)12-14(13)19-11(6-17)10(5-16)18-12/h2-4H,1H3/b20-13+. The van der Waals surface area contributed by atoms with Crippen molar-refractivity contribution >= 4 is 17.3 Å². The maximum absolute atomic E-state index is 9.06. The molecule has 1 aromatic carbocycles. The molecule has 2 aromatic rings. The first-order valence-electron chi connectivity index (χ1n) is 5.83. The number of fused-ring (bicyclic) bond motifs is 3. The predicted octanol–water partition coefficient (Wildman–Crippen LogP) is 2.25. The maximum atomic E-state index is 9.06. The molecule has 3 rings (SSSR count). The Morgan fingerprint density at radius 2 is 1.76 bits per heavy atom. The van der Waals surface area contributed by atoms with Crippen molar-refractivity contribution in [3.05, 3.63) is 45.9 Å². The van der Waals surface area contributed by atoms with Crippen molar-refractivity contribution in [2.45, 2.75) is 0 Å². The van der Waals surface area contributed by atoms with Gasteiger partial charge >= 0.3 is 0 Å². The van der Waals surface area contributed by atoms with Crippen LogP contribution in [0, 0.1) is 22.7 Å². The van der Waals surface area contributed by atoms with Gasteiger partial charge in [-0.15, -0.1) is 0 Å². The van der Waals surface area contributed by atoms with Gasteiger partial charge in [0.15, 0.2) is 11.4 Å². The highest BCUT2D eigenvalue weighted by atomic mass is 35.5. The molecule has 0 atom stereocenters. The molecule has 100 valence electrons. The molecule has 0 N–H and O–H groups in total. The van der Waals surface area contributed by atoms with Gasteiger partial charge in [-0.1, -0.05) is 22.8 Å². The van der Waals surface area contributed by atoms with Gasteiger partial charge in [-0.25, -0.2) is 9.97 Å². The zero-order valence-electron chi connectivity index (χ0n) is 10.8. The lowest BCUT2D eigenvalue weighted by Gasteiger charge is -2.00. The van der Waals surface area contributed by atoms with E-state index in [1.807, 2.05) is 12.1 Å². The summed E-state index contributed by atoms with van der Waals surface area (Å²) in [5.41, 5.74) is 2.74. The third kappa shape index (κ3) is 1.90. The minimum Gasteiger partial charge on any atom is -0.399 e. The van der Waals surface area contributed by atoms with Crippen LogP contribution in [0.15, 0.2) is 23.4 Å². The first-order chi connectivity index (χ1) is 10.2. The van der Waals surface area contributed by atoms with E-state index in [9.17, 15) is 0 Å². The summed E-state index contributed by atoms with van der Waals surface area (Å²) < 4.78 is 0. The molecule has 0 amide bonds. The second-order valence-corrected chi connectivity index (χ2v) is 4.59. The van der Waals surface area contributed by atoms with Crippen molar-refractivity contribution in [3.63, 3.8) is 0 Å². The molecule has 0 fully saturated rings. The number of benzene rings is 1. The Bertz CT molecular complexity index is 876. The van der Waals surface area contributed by atoms with Gasteiger partial charge in [0.2, 0.25) is 0 Å². The summed E-state index contributed by atoms with van der Waals surface area (Å²) in [7, 11) is 1.41. The molecule has 0 radical (unpaired) electrons. The van der Waals surface area contributed by atoms with Gasteiger partial charge in [0.1, 0.15) is 36.3 Å². The van der Waals surface area contributed by atoms with Gasteiger partial charge in [0, 0.05) is 16.1 Å². The molecule has 0 bridgehead atoms. The van der Waals surface area contributed by atoms with Crippen molar-refractivity contribution in [2.24, 2.45) is 5.16 Å². The van der Waals surface area contributed by atoms with Gasteiger partial charge in [0.25, 0.3) is 0 Å². The van der Waals surface area contributed by atoms with Crippen molar-refractivity contribution in [2.75, 3.05) is 7.11 Å². The van der Waals surface area contributed by atoms with Crippen LogP contribution in [0.4, 0.5) is 0 Å². The smallest absolute Gasteiger partial charge is 0.177 e. The Labute approximate surface area is 124 Å². The van der Waals surface area contributed by atoms with E-state index in [-0.39, 0.29) is 11.4 Å². The Hall–Kier alpha value is -2.96. The number of aromatic nitrogens is 2. The number of nitrogens with zero attached hydrogens (tertiary/aromatic N) is 5. The quantitative estimate of drug-likeness (QED) is 0.642. The van der Waals surface area contributed by atoms with Crippen LogP contribution in [-0.2, 0) is 4.84 Å². The van der Waals surface area contributed by atoms with E-state index in [1.165, 1.54) is 7.11 Å². The topological polar surface area (TPSA) is 95.0 Å². The lowest BCUT2D eigenvalue weighted by molar-refractivity contribution is 0.214. The second-order valence-electron chi connectivity index (χ2n) is 4.15.